The zero-order valence-electron chi connectivity index (χ0n) is 9.39. The fourth-order valence-corrected chi connectivity index (χ4v) is 2.15. The summed E-state index contributed by atoms with van der Waals surface area (Å²) in [5.41, 5.74) is 6.82. The minimum absolute atomic E-state index is 0.300. The second-order valence-electron chi connectivity index (χ2n) is 4.36. The van der Waals surface area contributed by atoms with Gasteiger partial charge in [0.25, 0.3) is 0 Å². The van der Waals surface area contributed by atoms with Gasteiger partial charge in [0.1, 0.15) is 0 Å². The van der Waals surface area contributed by atoms with Gasteiger partial charge in [-0.15, -0.1) is 0 Å². The maximum absolute atomic E-state index is 7.43. The van der Waals surface area contributed by atoms with E-state index in [0.717, 1.165) is 32.5 Å². The summed E-state index contributed by atoms with van der Waals surface area (Å²) in [6.45, 7) is 3.05. The van der Waals surface area contributed by atoms with Crippen molar-refractivity contribution < 1.29 is 0 Å². The Hall–Kier alpha value is -1.42. The van der Waals surface area contributed by atoms with Crippen LogP contribution in [0.5, 0.6) is 0 Å². The highest BCUT2D eigenvalue weighted by Gasteiger charge is 2.20. The Balaban J connectivity index is 1.84. The fraction of sp³-hybridized carbons (Fsp3) is 0.500. The van der Waals surface area contributed by atoms with Crippen LogP contribution in [0.3, 0.4) is 0 Å². The Morgan fingerprint density at radius 2 is 2.00 bits per heavy atom. The van der Waals surface area contributed by atoms with E-state index in [-0.39, 0.29) is 0 Å². The van der Waals surface area contributed by atoms with E-state index in [4.69, 9.17) is 11.1 Å². The molecule has 0 unspecified atom stereocenters. The average Bonchev–Trinajstić information content (AvgIpc) is 2.31. The Bertz CT molecular complexity index is 341. The molecule has 0 aromatic carbocycles. The number of hydrogen-bond acceptors (Lipinski definition) is 3. The maximum Gasteiger partial charge on any atom is 0.0937 e. The number of aromatic nitrogens is 1. The van der Waals surface area contributed by atoms with Crippen molar-refractivity contribution in [2.45, 2.75) is 19.4 Å². The molecule has 1 aromatic rings. The Morgan fingerprint density at radius 3 is 2.56 bits per heavy atom. The van der Waals surface area contributed by atoms with Crippen LogP contribution in [0.15, 0.2) is 24.5 Å². The zero-order chi connectivity index (χ0) is 11.4. The number of pyridine rings is 1. The minimum Gasteiger partial charge on any atom is -0.387 e. The van der Waals surface area contributed by atoms with Crippen LogP contribution in [0.4, 0.5) is 0 Å². The summed E-state index contributed by atoms with van der Waals surface area (Å²) in [5, 5.41) is 7.43. The van der Waals surface area contributed by atoms with Crippen LogP contribution in [0.1, 0.15) is 18.4 Å². The molecule has 0 atom stereocenters. The van der Waals surface area contributed by atoms with Crippen molar-refractivity contribution in [3.63, 3.8) is 0 Å². The van der Waals surface area contributed by atoms with E-state index < -0.39 is 0 Å². The van der Waals surface area contributed by atoms with E-state index in [2.05, 4.69) is 22.0 Å². The number of rotatable bonds is 3. The third-order valence-electron chi connectivity index (χ3n) is 3.18. The van der Waals surface area contributed by atoms with Crippen molar-refractivity contribution in [3.05, 3.63) is 30.1 Å². The van der Waals surface area contributed by atoms with Gasteiger partial charge in [-0.25, -0.2) is 0 Å². The number of hydrogen-bond donors (Lipinski definition) is 2. The molecule has 86 valence electrons. The second kappa shape index (κ2) is 5.07. The third kappa shape index (κ3) is 2.79. The molecule has 2 heterocycles. The van der Waals surface area contributed by atoms with Crippen molar-refractivity contribution in [1.29, 1.82) is 5.41 Å². The number of nitrogens with two attached hydrogens (primary N) is 1. The summed E-state index contributed by atoms with van der Waals surface area (Å²) in [5.74, 6) is 0.650. The highest BCUT2D eigenvalue weighted by Crippen LogP contribution is 2.18. The third-order valence-corrected chi connectivity index (χ3v) is 3.18. The standard InChI is InChI=1S/C12H18N4/c13-12(14)11-3-7-16(8-4-11)9-10-1-5-15-6-2-10/h1-2,5-6,11H,3-4,7-9H2,(H3,13,14). The van der Waals surface area contributed by atoms with E-state index in [0.29, 0.717) is 11.8 Å². The SMILES string of the molecule is N=C(N)C1CCN(Cc2ccncc2)CC1. The lowest BCUT2D eigenvalue weighted by atomic mass is 9.95. The number of piperidine rings is 1. The molecule has 1 aliphatic rings. The van der Waals surface area contributed by atoms with Crippen molar-refractivity contribution in [3.8, 4) is 0 Å². The van der Waals surface area contributed by atoms with Crippen molar-refractivity contribution in [2.24, 2.45) is 11.7 Å². The lowest BCUT2D eigenvalue weighted by molar-refractivity contribution is 0.201. The van der Waals surface area contributed by atoms with E-state index >= 15 is 0 Å². The average molecular weight is 218 g/mol. The minimum atomic E-state index is 0.300. The Morgan fingerprint density at radius 1 is 1.38 bits per heavy atom. The maximum atomic E-state index is 7.43. The smallest absolute Gasteiger partial charge is 0.0937 e. The zero-order valence-corrected chi connectivity index (χ0v) is 9.39. The first-order valence-electron chi connectivity index (χ1n) is 5.71. The topological polar surface area (TPSA) is 66.0 Å². The number of nitrogens with zero attached hydrogens (tertiary/aromatic N) is 2. The molecule has 4 heteroatoms. The molecule has 1 saturated heterocycles. The predicted molar refractivity (Wildman–Crippen MR) is 64.2 cm³/mol. The van der Waals surface area contributed by atoms with Crippen molar-refractivity contribution in [1.82, 2.24) is 9.88 Å². The first kappa shape index (κ1) is 11.1. The molecule has 0 bridgehead atoms. The molecule has 3 N–H and O–H groups in total. The molecular weight excluding hydrogens is 200 g/mol. The normalized spacial score (nSPS) is 18.5. The largest absolute Gasteiger partial charge is 0.387 e. The van der Waals surface area contributed by atoms with Gasteiger partial charge in [0.2, 0.25) is 0 Å². The molecule has 0 spiro atoms. The second-order valence-corrected chi connectivity index (χ2v) is 4.36. The van der Waals surface area contributed by atoms with E-state index in [1.807, 2.05) is 12.4 Å². The molecular formula is C12H18N4. The molecule has 1 aliphatic heterocycles. The number of likely N-dealkylation sites (tertiary alicyclic amines) is 1. The van der Waals surface area contributed by atoms with Gasteiger partial charge in [0.05, 0.1) is 5.84 Å². The summed E-state index contributed by atoms with van der Waals surface area (Å²) in [6, 6.07) is 4.11. The van der Waals surface area contributed by atoms with Gasteiger partial charge < -0.3 is 5.73 Å². The highest BCUT2D eigenvalue weighted by atomic mass is 15.1. The van der Waals surface area contributed by atoms with Gasteiger partial charge in [0, 0.05) is 24.9 Å². The van der Waals surface area contributed by atoms with Gasteiger partial charge in [-0.2, -0.15) is 0 Å². The van der Waals surface area contributed by atoms with Crippen LogP contribution >= 0.6 is 0 Å². The first-order valence-corrected chi connectivity index (χ1v) is 5.71. The lowest BCUT2D eigenvalue weighted by Crippen LogP contribution is -2.37. The van der Waals surface area contributed by atoms with Crippen LogP contribution in [-0.4, -0.2) is 28.8 Å². The highest BCUT2D eigenvalue weighted by molar-refractivity contribution is 5.79. The summed E-state index contributed by atoms with van der Waals surface area (Å²) in [6.07, 6.45) is 5.69. The van der Waals surface area contributed by atoms with Gasteiger partial charge in [0.15, 0.2) is 0 Å². The van der Waals surface area contributed by atoms with Crippen molar-refractivity contribution in [2.75, 3.05) is 13.1 Å². The molecule has 1 fully saturated rings. The molecule has 4 nitrogen and oxygen atoms in total. The van der Waals surface area contributed by atoms with Crippen LogP contribution in [-0.2, 0) is 6.54 Å². The Labute approximate surface area is 96.0 Å². The van der Waals surface area contributed by atoms with E-state index in [1.54, 1.807) is 0 Å². The van der Waals surface area contributed by atoms with Crippen molar-refractivity contribution >= 4 is 5.84 Å². The van der Waals surface area contributed by atoms with Crippen LogP contribution in [0.25, 0.3) is 0 Å². The van der Waals surface area contributed by atoms with Crippen LogP contribution in [0, 0.1) is 11.3 Å². The van der Waals surface area contributed by atoms with Gasteiger partial charge >= 0.3 is 0 Å². The number of nitrogens with one attached hydrogen (secondary N) is 1. The monoisotopic (exact) mass is 218 g/mol. The van der Waals surface area contributed by atoms with Gasteiger partial charge in [-0.1, -0.05) is 0 Å². The fourth-order valence-electron chi connectivity index (χ4n) is 2.15. The Kier molecular flexibility index (Phi) is 3.51. The molecule has 16 heavy (non-hydrogen) atoms. The lowest BCUT2D eigenvalue weighted by Gasteiger charge is -2.31. The molecule has 0 aliphatic carbocycles. The van der Waals surface area contributed by atoms with E-state index in [1.165, 1.54) is 5.56 Å². The predicted octanol–water partition coefficient (Wildman–Crippen LogP) is 1.23. The summed E-state index contributed by atoms with van der Waals surface area (Å²) in [7, 11) is 0. The number of amidine groups is 1. The summed E-state index contributed by atoms with van der Waals surface area (Å²) >= 11 is 0. The van der Waals surface area contributed by atoms with Crippen LogP contribution < -0.4 is 5.73 Å². The summed E-state index contributed by atoms with van der Waals surface area (Å²) < 4.78 is 0. The van der Waals surface area contributed by atoms with Crippen LogP contribution in [0.2, 0.25) is 0 Å². The molecule has 0 radical (unpaired) electrons. The quantitative estimate of drug-likeness (QED) is 0.592. The molecule has 1 aromatic heterocycles. The van der Waals surface area contributed by atoms with E-state index in [9.17, 15) is 0 Å². The van der Waals surface area contributed by atoms with Gasteiger partial charge in [-0.3, -0.25) is 15.3 Å². The molecule has 0 saturated carbocycles. The van der Waals surface area contributed by atoms with Gasteiger partial charge in [-0.05, 0) is 43.6 Å². The molecule has 0 amide bonds. The first-order chi connectivity index (χ1) is 7.75. The summed E-state index contributed by atoms with van der Waals surface area (Å²) in [4.78, 5) is 6.42. The molecule has 2 rings (SSSR count).